The van der Waals surface area contributed by atoms with Crippen molar-refractivity contribution in [3.8, 4) is 6.07 Å². The molecule has 0 spiro atoms. The Balaban J connectivity index is 2.58. The Bertz CT molecular complexity index is 694. The first kappa shape index (κ1) is 13.5. The smallest absolute Gasteiger partial charge is 0.326 e. The fourth-order valence-corrected chi connectivity index (χ4v) is 4.28. The largest absolute Gasteiger partial charge is 0.480 e. The number of benzene rings is 1. The third kappa shape index (κ3) is 1.88. The number of sulfone groups is 1. The molecule has 2 rings (SSSR count). The van der Waals surface area contributed by atoms with E-state index in [2.05, 4.69) is 0 Å². The molecule has 0 bridgehead atoms. The van der Waals surface area contributed by atoms with Crippen LogP contribution in [0.3, 0.4) is 0 Å². The van der Waals surface area contributed by atoms with Gasteiger partial charge in [0.25, 0.3) is 0 Å². The highest BCUT2D eigenvalue weighted by Crippen LogP contribution is 2.62. The fourth-order valence-electron chi connectivity index (χ4n) is 2.51. The Morgan fingerprint density at radius 3 is 2.53 bits per heavy atom. The van der Waals surface area contributed by atoms with E-state index in [1.165, 1.54) is 12.1 Å². The molecular formula is C12H10FNO4S. The molecule has 0 saturated heterocycles. The van der Waals surface area contributed by atoms with Gasteiger partial charge >= 0.3 is 5.97 Å². The number of aliphatic carboxylic acids is 1. The van der Waals surface area contributed by atoms with Crippen molar-refractivity contribution in [1.82, 2.24) is 0 Å². The van der Waals surface area contributed by atoms with Gasteiger partial charge in [0.1, 0.15) is 11.1 Å². The Labute approximate surface area is 109 Å². The number of carboxylic acid groups (broad SMARTS) is 1. The molecule has 1 fully saturated rings. The van der Waals surface area contributed by atoms with E-state index in [4.69, 9.17) is 10.4 Å². The van der Waals surface area contributed by atoms with Gasteiger partial charge in [-0.25, -0.2) is 12.8 Å². The molecule has 0 unspecified atom stereocenters. The molecule has 0 aromatic heterocycles. The molecule has 0 radical (unpaired) electrons. The Kier molecular flexibility index (Phi) is 2.86. The zero-order chi connectivity index (χ0) is 14.4. The standard InChI is InChI=1S/C12H10FNO4S/c1-19(17,18)10-9(12(10,6-14)11(15)16)7-3-2-4-8(13)5-7/h2-5,9-10H,1H3,(H,15,16)/t9-,10+,12+/m0/s1. The molecule has 1 aromatic carbocycles. The van der Waals surface area contributed by atoms with E-state index in [1.54, 1.807) is 6.07 Å². The summed E-state index contributed by atoms with van der Waals surface area (Å²) in [6.45, 7) is 0. The van der Waals surface area contributed by atoms with Gasteiger partial charge in [0, 0.05) is 12.2 Å². The lowest BCUT2D eigenvalue weighted by molar-refractivity contribution is -0.141. The first-order chi connectivity index (χ1) is 8.75. The molecule has 1 N–H and O–H groups in total. The SMILES string of the molecule is CS(=O)(=O)[C@@H]1[C@H](c2cccc(F)c2)[C@@]1(C#N)C(=O)O. The minimum atomic E-state index is -3.73. The number of nitriles is 1. The van der Waals surface area contributed by atoms with Crippen LogP contribution in [-0.2, 0) is 14.6 Å². The monoisotopic (exact) mass is 283 g/mol. The van der Waals surface area contributed by atoms with Gasteiger partial charge in [-0.2, -0.15) is 5.26 Å². The summed E-state index contributed by atoms with van der Waals surface area (Å²) >= 11 is 0. The molecule has 0 amide bonds. The molecule has 7 heteroatoms. The van der Waals surface area contributed by atoms with E-state index < -0.39 is 38.2 Å². The highest BCUT2D eigenvalue weighted by Gasteiger charge is 2.76. The minimum absolute atomic E-state index is 0.208. The van der Waals surface area contributed by atoms with Crippen LogP contribution in [0.4, 0.5) is 4.39 Å². The summed E-state index contributed by atoms with van der Waals surface area (Å²) < 4.78 is 36.4. The zero-order valence-electron chi connectivity index (χ0n) is 9.87. The van der Waals surface area contributed by atoms with E-state index in [9.17, 15) is 17.6 Å². The molecular weight excluding hydrogens is 273 g/mol. The number of carbonyl (C=O) groups is 1. The molecule has 100 valence electrons. The molecule has 5 nitrogen and oxygen atoms in total. The third-order valence-electron chi connectivity index (χ3n) is 3.34. The third-order valence-corrected chi connectivity index (χ3v) is 4.91. The topological polar surface area (TPSA) is 95.2 Å². The molecule has 1 aliphatic rings. The quantitative estimate of drug-likeness (QED) is 0.890. The molecule has 3 atom stereocenters. The highest BCUT2D eigenvalue weighted by atomic mass is 32.2. The molecule has 0 aliphatic heterocycles. The van der Waals surface area contributed by atoms with Crippen molar-refractivity contribution in [1.29, 1.82) is 5.26 Å². The number of rotatable bonds is 3. The maximum Gasteiger partial charge on any atom is 0.326 e. The molecule has 0 heterocycles. The van der Waals surface area contributed by atoms with Crippen LogP contribution in [-0.4, -0.2) is 31.0 Å². The van der Waals surface area contributed by atoms with Crippen LogP contribution in [0.2, 0.25) is 0 Å². The van der Waals surface area contributed by atoms with Gasteiger partial charge in [0.05, 0.1) is 6.07 Å². The van der Waals surface area contributed by atoms with Gasteiger partial charge in [0.15, 0.2) is 15.3 Å². The van der Waals surface area contributed by atoms with E-state index in [1.807, 2.05) is 0 Å². The van der Waals surface area contributed by atoms with Crippen LogP contribution in [0.5, 0.6) is 0 Å². The molecule has 19 heavy (non-hydrogen) atoms. The van der Waals surface area contributed by atoms with Crippen LogP contribution in [0, 0.1) is 22.6 Å². The van der Waals surface area contributed by atoms with Crippen molar-refractivity contribution in [2.45, 2.75) is 11.2 Å². The number of nitrogens with zero attached hydrogens (tertiary/aromatic N) is 1. The molecule has 1 aliphatic carbocycles. The lowest BCUT2D eigenvalue weighted by Gasteiger charge is -2.01. The van der Waals surface area contributed by atoms with E-state index >= 15 is 0 Å². The van der Waals surface area contributed by atoms with Crippen molar-refractivity contribution < 1.29 is 22.7 Å². The Morgan fingerprint density at radius 2 is 2.16 bits per heavy atom. The van der Waals surface area contributed by atoms with E-state index in [0.717, 1.165) is 18.4 Å². The van der Waals surface area contributed by atoms with Crippen molar-refractivity contribution in [3.63, 3.8) is 0 Å². The normalized spacial score (nSPS) is 29.5. The first-order valence-electron chi connectivity index (χ1n) is 5.34. The maximum atomic E-state index is 13.2. The van der Waals surface area contributed by atoms with Crippen molar-refractivity contribution in [2.24, 2.45) is 5.41 Å². The Morgan fingerprint density at radius 1 is 1.53 bits per heavy atom. The summed E-state index contributed by atoms with van der Waals surface area (Å²) in [5.41, 5.74) is -1.82. The second-order valence-corrected chi connectivity index (χ2v) is 6.74. The number of halogens is 1. The summed E-state index contributed by atoms with van der Waals surface area (Å²) in [5.74, 6) is -3.14. The van der Waals surface area contributed by atoms with E-state index in [0.29, 0.717) is 0 Å². The summed E-state index contributed by atoms with van der Waals surface area (Å²) in [4.78, 5) is 11.3. The highest BCUT2D eigenvalue weighted by molar-refractivity contribution is 7.91. The lowest BCUT2D eigenvalue weighted by Crippen LogP contribution is -2.21. The van der Waals surface area contributed by atoms with Crippen LogP contribution >= 0.6 is 0 Å². The number of carboxylic acids is 1. The minimum Gasteiger partial charge on any atom is -0.480 e. The second kappa shape index (κ2) is 4.03. The molecule has 1 aromatic rings. The summed E-state index contributed by atoms with van der Waals surface area (Å²) in [5, 5.41) is 16.9. The van der Waals surface area contributed by atoms with Crippen LogP contribution in [0.15, 0.2) is 24.3 Å². The van der Waals surface area contributed by atoms with Gasteiger partial charge in [0.2, 0.25) is 0 Å². The predicted molar refractivity (Wildman–Crippen MR) is 63.5 cm³/mol. The van der Waals surface area contributed by atoms with Gasteiger partial charge in [-0.05, 0) is 17.7 Å². The average Bonchev–Trinajstić information content (AvgIpc) is 2.99. The van der Waals surface area contributed by atoms with Crippen molar-refractivity contribution >= 4 is 15.8 Å². The summed E-state index contributed by atoms with van der Waals surface area (Å²) in [6.07, 6.45) is 0.881. The van der Waals surface area contributed by atoms with Crippen molar-refractivity contribution in [3.05, 3.63) is 35.6 Å². The Hall–Kier alpha value is -1.94. The predicted octanol–water partition coefficient (Wildman–Crippen LogP) is 0.931. The van der Waals surface area contributed by atoms with E-state index in [-0.39, 0.29) is 5.56 Å². The van der Waals surface area contributed by atoms with Crippen LogP contribution in [0.1, 0.15) is 11.5 Å². The number of hydrogen-bond acceptors (Lipinski definition) is 4. The van der Waals surface area contributed by atoms with Gasteiger partial charge in [-0.15, -0.1) is 0 Å². The summed E-state index contributed by atoms with van der Waals surface area (Å²) in [7, 11) is -3.73. The molecule has 1 saturated carbocycles. The summed E-state index contributed by atoms with van der Waals surface area (Å²) in [6, 6.07) is 6.58. The van der Waals surface area contributed by atoms with Gasteiger partial charge < -0.3 is 5.11 Å². The average molecular weight is 283 g/mol. The van der Waals surface area contributed by atoms with Gasteiger partial charge in [-0.3, -0.25) is 4.79 Å². The zero-order valence-corrected chi connectivity index (χ0v) is 10.7. The van der Waals surface area contributed by atoms with Crippen LogP contribution in [0.25, 0.3) is 0 Å². The fraction of sp³-hybridized carbons (Fsp3) is 0.333. The first-order valence-corrected chi connectivity index (χ1v) is 7.29. The maximum absolute atomic E-state index is 13.2. The van der Waals surface area contributed by atoms with Gasteiger partial charge in [-0.1, -0.05) is 12.1 Å². The van der Waals surface area contributed by atoms with Crippen LogP contribution < -0.4 is 0 Å². The van der Waals surface area contributed by atoms with Crippen molar-refractivity contribution in [2.75, 3.05) is 6.26 Å². The second-order valence-electron chi connectivity index (χ2n) is 4.57. The lowest BCUT2D eigenvalue weighted by atomic mass is 10.0. The number of hydrogen-bond donors (Lipinski definition) is 1.